The molecule has 0 unspecified atom stereocenters. The molecule has 8 heteroatoms. The summed E-state index contributed by atoms with van der Waals surface area (Å²) < 4.78 is 7.96. The van der Waals surface area contributed by atoms with Crippen LogP contribution in [0.5, 0.6) is 0 Å². The van der Waals surface area contributed by atoms with Gasteiger partial charge in [-0.15, -0.1) is 11.3 Å². The molecule has 1 saturated heterocycles. The Bertz CT molecular complexity index is 1080. The molecule has 0 N–H and O–H groups in total. The van der Waals surface area contributed by atoms with Crippen LogP contribution in [0.15, 0.2) is 9.27 Å². The number of halogens is 1. The zero-order valence-corrected chi connectivity index (χ0v) is 17.0. The highest BCUT2D eigenvalue weighted by molar-refractivity contribution is 9.10. The molecule has 1 fully saturated rings. The number of rotatable bonds is 1. The third kappa shape index (κ3) is 2.42. The molecular weight excluding hydrogens is 416 g/mol. The van der Waals surface area contributed by atoms with Gasteiger partial charge in [0.2, 0.25) is 5.95 Å². The summed E-state index contributed by atoms with van der Waals surface area (Å²) in [5.74, 6) is 0.680. The molecule has 0 atom stereocenters. The van der Waals surface area contributed by atoms with E-state index in [1.54, 1.807) is 15.7 Å². The van der Waals surface area contributed by atoms with E-state index in [4.69, 9.17) is 14.7 Å². The molecular formula is C18H19BrN4O2S. The van der Waals surface area contributed by atoms with E-state index in [0.717, 1.165) is 52.7 Å². The lowest BCUT2D eigenvalue weighted by Gasteiger charge is -2.29. The number of hydrogen-bond acceptors (Lipinski definition) is 6. The van der Waals surface area contributed by atoms with E-state index in [-0.39, 0.29) is 5.56 Å². The highest BCUT2D eigenvalue weighted by atomic mass is 79.9. The number of nitrogens with zero attached hydrogens (tertiary/aromatic N) is 4. The number of anilines is 1. The Morgan fingerprint density at radius 3 is 2.73 bits per heavy atom. The molecule has 0 spiro atoms. The quantitative estimate of drug-likeness (QED) is 0.588. The van der Waals surface area contributed by atoms with Crippen LogP contribution in [0.2, 0.25) is 0 Å². The number of hydrogen-bond donors (Lipinski definition) is 0. The maximum absolute atomic E-state index is 13.6. The first-order chi connectivity index (χ1) is 12.6. The predicted molar refractivity (Wildman–Crippen MR) is 107 cm³/mol. The van der Waals surface area contributed by atoms with E-state index in [1.165, 1.54) is 16.9 Å². The van der Waals surface area contributed by atoms with E-state index < -0.39 is 0 Å². The number of morpholine rings is 1. The molecule has 1 aliphatic carbocycles. The fourth-order valence-electron chi connectivity index (χ4n) is 3.92. The lowest BCUT2D eigenvalue weighted by atomic mass is 9.97. The van der Waals surface area contributed by atoms with Crippen LogP contribution >= 0.6 is 27.3 Å². The average molecular weight is 435 g/mol. The molecule has 4 heterocycles. The molecule has 3 aromatic rings. The number of fused-ring (bicyclic) bond motifs is 4. The Labute approximate surface area is 162 Å². The van der Waals surface area contributed by atoms with Crippen LogP contribution in [0.1, 0.15) is 29.0 Å². The van der Waals surface area contributed by atoms with Gasteiger partial charge in [0.1, 0.15) is 4.83 Å². The van der Waals surface area contributed by atoms with Crippen LogP contribution < -0.4 is 10.5 Å². The maximum Gasteiger partial charge on any atom is 0.269 e. The minimum atomic E-state index is 0.0130. The lowest BCUT2D eigenvalue weighted by molar-refractivity contribution is 0.122. The van der Waals surface area contributed by atoms with Crippen LogP contribution in [0.4, 0.5) is 5.95 Å². The normalized spacial score (nSPS) is 17.8. The SMILES string of the molecule is Cc1nc(N2CCOCC2)n2c(=O)c3c4c(sc3nc2c1Br)CCCC4. The topological polar surface area (TPSA) is 59.7 Å². The summed E-state index contributed by atoms with van der Waals surface area (Å²) in [7, 11) is 0. The first kappa shape index (κ1) is 16.6. The fourth-order valence-corrected chi connectivity index (χ4v) is 5.53. The number of aromatic nitrogens is 3. The minimum Gasteiger partial charge on any atom is -0.378 e. The number of ether oxygens (including phenoxy) is 1. The molecule has 6 nitrogen and oxygen atoms in total. The molecule has 2 aliphatic rings. The second kappa shape index (κ2) is 6.28. The van der Waals surface area contributed by atoms with E-state index in [2.05, 4.69) is 20.8 Å². The van der Waals surface area contributed by atoms with Crippen molar-refractivity contribution in [2.75, 3.05) is 31.2 Å². The van der Waals surface area contributed by atoms with Crippen molar-refractivity contribution in [1.82, 2.24) is 14.4 Å². The predicted octanol–water partition coefficient (Wildman–Crippen LogP) is 3.09. The largest absolute Gasteiger partial charge is 0.378 e. The van der Waals surface area contributed by atoms with Gasteiger partial charge < -0.3 is 9.64 Å². The Morgan fingerprint density at radius 2 is 1.92 bits per heavy atom. The highest BCUT2D eigenvalue weighted by Gasteiger charge is 2.25. The minimum absolute atomic E-state index is 0.0130. The highest BCUT2D eigenvalue weighted by Crippen LogP contribution is 2.35. The molecule has 0 saturated carbocycles. The second-order valence-electron chi connectivity index (χ2n) is 6.88. The molecule has 0 aromatic carbocycles. The summed E-state index contributed by atoms with van der Waals surface area (Å²) >= 11 is 5.29. The second-order valence-corrected chi connectivity index (χ2v) is 8.75. The van der Waals surface area contributed by atoms with Crippen molar-refractivity contribution in [3.05, 3.63) is 31.0 Å². The molecule has 0 bridgehead atoms. The van der Waals surface area contributed by atoms with Gasteiger partial charge in [-0.25, -0.2) is 14.4 Å². The molecule has 26 heavy (non-hydrogen) atoms. The van der Waals surface area contributed by atoms with Crippen LogP contribution in [-0.2, 0) is 17.6 Å². The van der Waals surface area contributed by atoms with Crippen LogP contribution in [0, 0.1) is 6.92 Å². The summed E-state index contributed by atoms with van der Waals surface area (Å²) in [6.07, 6.45) is 4.38. The summed E-state index contributed by atoms with van der Waals surface area (Å²) in [5, 5.41) is 0.800. The lowest BCUT2D eigenvalue weighted by Crippen LogP contribution is -2.39. The Morgan fingerprint density at radius 1 is 1.15 bits per heavy atom. The van der Waals surface area contributed by atoms with Gasteiger partial charge in [-0.05, 0) is 54.1 Å². The van der Waals surface area contributed by atoms with Crippen molar-refractivity contribution in [1.29, 1.82) is 0 Å². The summed E-state index contributed by atoms with van der Waals surface area (Å²) in [6.45, 7) is 4.71. The maximum atomic E-state index is 13.6. The van der Waals surface area contributed by atoms with Gasteiger partial charge in [-0.3, -0.25) is 4.79 Å². The smallest absolute Gasteiger partial charge is 0.269 e. The van der Waals surface area contributed by atoms with Crippen molar-refractivity contribution in [2.45, 2.75) is 32.6 Å². The van der Waals surface area contributed by atoms with Crippen LogP contribution in [-0.4, -0.2) is 40.7 Å². The fraction of sp³-hybridized carbons (Fsp3) is 0.500. The van der Waals surface area contributed by atoms with Crippen molar-refractivity contribution in [2.24, 2.45) is 0 Å². The van der Waals surface area contributed by atoms with Gasteiger partial charge in [0.15, 0.2) is 5.65 Å². The molecule has 5 rings (SSSR count). The number of aryl methyl sites for hydroxylation is 3. The van der Waals surface area contributed by atoms with Gasteiger partial charge in [0.05, 0.1) is 28.8 Å². The molecule has 136 valence electrons. The zero-order valence-electron chi connectivity index (χ0n) is 14.5. The van der Waals surface area contributed by atoms with Crippen molar-refractivity contribution in [3.8, 4) is 0 Å². The Kier molecular flexibility index (Phi) is 4.02. The zero-order chi connectivity index (χ0) is 17.8. The third-order valence-corrected chi connectivity index (χ3v) is 7.38. The Balaban J connectivity index is 1.87. The summed E-state index contributed by atoms with van der Waals surface area (Å²) in [5.41, 5.74) is 2.74. The van der Waals surface area contributed by atoms with Gasteiger partial charge in [0.25, 0.3) is 5.56 Å². The van der Waals surface area contributed by atoms with E-state index in [9.17, 15) is 4.79 Å². The monoisotopic (exact) mass is 434 g/mol. The Hall–Kier alpha value is -1.51. The van der Waals surface area contributed by atoms with Gasteiger partial charge in [0, 0.05) is 18.0 Å². The van der Waals surface area contributed by atoms with Crippen LogP contribution in [0.3, 0.4) is 0 Å². The summed E-state index contributed by atoms with van der Waals surface area (Å²) in [6, 6.07) is 0. The van der Waals surface area contributed by atoms with Crippen molar-refractivity contribution >= 4 is 49.1 Å². The van der Waals surface area contributed by atoms with E-state index in [1.807, 2.05) is 6.92 Å². The van der Waals surface area contributed by atoms with Gasteiger partial charge in [-0.2, -0.15) is 0 Å². The third-order valence-electron chi connectivity index (χ3n) is 5.26. The van der Waals surface area contributed by atoms with E-state index >= 15 is 0 Å². The van der Waals surface area contributed by atoms with Crippen molar-refractivity contribution in [3.63, 3.8) is 0 Å². The van der Waals surface area contributed by atoms with E-state index in [0.29, 0.717) is 24.8 Å². The first-order valence-corrected chi connectivity index (χ1v) is 10.6. The standard InChI is InChI=1S/C18H19BrN4O2S/c1-10-14(19)15-21-16-13(11-4-2-3-5-12(11)26-16)17(24)23(15)18(20-10)22-6-8-25-9-7-22/h2-9H2,1H3. The van der Waals surface area contributed by atoms with Crippen molar-refractivity contribution < 1.29 is 4.74 Å². The van der Waals surface area contributed by atoms with Crippen LogP contribution in [0.25, 0.3) is 15.9 Å². The van der Waals surface area contributed by atoms with Gasteiger partial charge in [-0.1, -0.05) is 0 Å². The van der Waals surface area contributed by atoms with Gasteiger partial charge >= 0.3 is 0 Å². The molecule has 0 radical (unpaired) electrons. The number of thiophene rings is 1. The summed E-state index contributed by atoms with van der Waals surface area (Å²) in [4.78, 5) is 27.5. The average Bonchev–Trinajstić information content (AvgIpc) is 3.04. The molecule has 0 amide bonds. The molecule has 1 aliphatic heterocycles. The molecule has 3 aromatic heterocycles. The first-order valence-electron chi connectivity index (χ1n) is 9.01.